The van der Waals surface area contributed by atoms with Crippen LogP contribution in [-0.4, -0.2) is 0 Å². The van der Waals surface area contributed by atoms with Crippen molar-refractivity contribution < 1.29 is 9.13 Å². The fourth-order valence-corrected chi connectivity index (χ4v) is 2.13. The molecular weight excluding hydrogens is 265 g/mol. The van der Waals surface area contributed by atoms with E-state index < -0.39 is 6.04 Å². The Hall–Kier alpha value is -1.58. The fourth-order valence-electron chi connectivity index (χ4n) is 1.86. The van der Waals surface area contributed by atoms with Gasteiger partial charge in [-0.05, 0) is 43.7 Å². The Balaban J connectivity index is 2.41. The van der Waals surface area contributed by atoms with Gasteiger partial charge in [0.25, 0.3) is 0 Å². The lowest BCUT2D eigenvalue weighted by atomic mass is 10.1. The Bertz CT molecular complexity index is 599. The molecule has 0 aliphatic carbocycles. The Kier molecular flexibility index (Phi) is 4.08. The van der Waals surface area contributed by atoms with Gasteiger partial charge in [-0.3, -0.25) is 0 Å². The summed E-state index contributed by atoms with van der Waals surface area (Å²) in [7, 11) is 0. The van der Waals surface area contributed by atoms with Crippen LogP contribution in [0.15, 0.2) is 36.4 Å². The average molecular weight is 280 g/mol. The van der Waals surface area contributed by atoms with Crippen molar-refractivity contribution in [2.75, 3.05) is 0 Å². The van der Waals surface area contributed by atoms with E-state index in [1.54, 1.807) is 31.2 Å². The van der Waals surface area contributed by atoms with Crippen molar-refractivity contribution in [2.24, 2.45) is 5.73 Å². The molecule has 0 spiro atoms. The van der Waals surface area contributed by atoms with Crippen LogP contribution in [0.4, 0.5) is 4.39 Å². The molecule has 0 aromatic heterocycles. The van der Waals surface area contributed by atoms with Crippen LogP contribution < -0.4 is 10.5 Å². The molecule has 0 saturated heterocycles. The molecule has 0 saturated carbocycles. The molecule has 19 heavy (non-hydrogen) atoms. The van der Waals surface area contributed by atoms with E-state index in [0.29, 0.717) is 22.1 Å². The van der Waals surface area contributed by atoms with Gasteiger partial charge < -0.3 is 10.5 Å². The molecule has 0 bridgehead atoms. The zero-order valence-electron chi connectivity index (χ0n) is 10.8. The lowest BCUT2D eigenvalue weighted by molar-refractivity contribution is 0.461. The molecule has 2 rings (SSSR count). The summed E-state index contributed by atoms with van der Waals surface area (Å²) in [6.45, 7) is 3.65. The molecule has 0 fully saturated rings. The summed E-state index contributed by atoms with van der Waals surface area (Å²) in [4.78, 5) is 0. The molecule has 2 aromatic rings. The number of benzene rings is 2. The highest BCUT2D eigenvalue weighted by Gasteiger charge is 2.15. The van der Waals surface area contributed by atoms with Gasteiger partial charge in [-0.25, -0.2) is 4.39 Å². The smallest absolute Gasteiger partial charge is 0.146 e. The predicted octanol–water partition coefficient (Wildman–Crippen LogP) is 4.60. The van der Waals surface area contributed by atoms with Crippen molar-refractivity contribution in [1.29, 1.82) is 0 Å². The van der Waals surface area contributed by atoms with Crippen molar-refractivity contribution in [3.05, 3.63) is 58.4 Å². The topological polar surface area (TPSA) is 35.2 Å². The van der Waals surface area contributed by atoms with Gasteiger partial charge in [-0.2, -0.15) is 0 Å². The van der Waals surface area contributed by atoms with Gasteiger partial charge in [0.1, 0.15) is 17.3 Å². The van der Waals surface area contributed by atoms with E-state index in [9.17, 15) is 4.39 Å². The molecule has 2 nitrogen and oxygen atoms in total. The largest absolute Gasteiger partial charge is 0.455 e. The minimum absolute atomic E-state index is 0.346. The van der Waals surface area contributed by atoms with Crippen molar-refractivity contribution in [2.45, 2.75) is 19.9 Å². The SMILES string of the molecule is Cc1ccc(Oc2cccc(F)c2[C@H](C)N)c(Cl)c1. The van der Waals surface area contributed by atoms with Crippen LogP contribution in [0.5, 0.6) is 11.5 Å². The van der Waals surface area contributed by atoms with Crippen molar-refractivity contribution in [3.63, 3.8) is 0 Å². The first-order chi connectivity index (χ1) is 8.99. The minimum atomic E-state index is -0.458. The van der Waals surface area contributed by atoms with Gasteiger partial charge >= 0.3 is 0 Å². The van der Waals surface area contributed by atoms with Crippen LogP contribution in [0.1, 0.15) is 24.1 Å². The highest BCUT2D eigenvalue weighted by atomic mass is 35.5. The van der Waals surface area contributed by atoms with Crippen LogP contribution in [0.2, 0.25) is 5.02 Å². The van der Waals surface area contributed by atoms with E-state index in [0.717, 1.165) is 5.56 Å². The van der Waals surface area contributed by atoms with E-state index >= 15 is 0 Å². The summed E-state index contributed by atoms with van der Waals surface area (Å²) < 4.78 is 19.5. The number of aryl methyl sites for hydroxylation is 1. The number of halogens is 2. The van der Waals surface area contributed by atoms with Crippen molar-refractivity contribution in [1.82, 2.24) is 0 Å². The fraction of sp³-hybridized carbons (Fsp3) is 0.200. The molecule has 0 heterocycles. The van der Waals surface area contributed by atoms with E-state index in [1.807, 2.05) is 13.0 Å². The van der Waals surface area contributed by atoms with Gasteiger partial charge in [0.2, 0.25) is 0 Å². The number of hydrogen-bond donors (Lipinski definition) is 1. The second kappa shape index (κ2) is 5.59. The minimum Gasteiger partial charge on any atom is -0.455 e. The maximum Gasteiger partial charge on any atom is 0.146 e. The first-order valence-electron chi connectivity index (χ1n) is 5.97. The Morgan fingerprint density at radius 2 is 1.95 bits per heavy atom. The van der Waals surface area contributed by atoms with Crippen LogP contribution >= 0.6 is 11.6 Å². The maximum absolute atomic E-state index is 13.8. The van der Waals surface area contributed by atoms with Gasteiger partial charge in [-0.15, -0.1) is 0 Å². The first-order valence-corrected chi connectivity index (χ1v) is 6.35. The number of rotatable bonds is 3. The van der Waals surface area contributed by atoms with E-state index in [-0.39, 0.29) is 5.82 Å². The third-order valence-electron chi connectivity index (χ3n) is 2.78. The summed E-state index contributed by atoms with van der Waals surface area (Å²) >= 11 is 6.10. The predicted molar refractivity (Wildman–Crippen MR) is 75.3 cm³/mol. The summed E-state index contributed by atoms with van der Waals surface area (Å²) in [5.41, 5.74) is 7.16. The number of ether oxygens (including phenoxy) is 1. The normalized spacial score (nSPS) is 12.3. The van der Waals surface area contributed by atoms with Gasteiger partial charge in [-0.1, -0.05) is 23.7 Å². The van der Waals surface area contributed by atoms with Crippen molar-refractivity contribution in [3.8, 4) is 11.5 Å². The molecule has 0 aliphatic heterocycles. The second-order valence-corrected chi connectivity index (χ2v) is 4.88. The highest BCUT2D eigenvalue weighted by Crippen LogP contribution is 2.34. The van der Waals surface area contributed by atoms with Crippen LogP contribution in [0.25, 0.3) is 0 Å². The van der Waals surface area contributed by atoms with E-state index in [2.05, 4.69) is 0 Å². The molecule has 1 atom stereocenters. The average Bonchev–Trinajstić information content (AvgIpc) is 2.32. The summed E-state index contributed by atoms with van der Waals surface area (Å²) in [6.07, 6.45) is 0. The maximum atomic E-state index is 13.8. The molecule has 0 unspecified atom stereocenters. The third-order valence-corrected chi connectivity index (χ3v) is 3.07. The van der Waals surface area contributed by atoms with Crippen LogP contribution in [0.3, 0.4) is 0 Å². The van der Waals surface area contributed by atoms with Crippen LogP contribution in [0, 0.1) is 12.7 Å². The van der Waals surface area contributed by atoms with E-state index in [4.69, 9.17) is 22.1 Å². The van der Waals surface area contributed by atoms with Gasteiger partial charge in [0.05, 0.1) is 5.02 Å². The molecule has 0 aliphatic rings. The summed E-state index contributed by atoms with van der Waals surface area (Å²) in [5.74, 6) is 0.497. The van der Waals surface area contributed by atoms with E-state index in [1.165, 1.54) is 6.07 Å². The molecule has 100 valence electrons. The molecule has 4 heteroatoms. The number of nitrogens with two attached hydrogens (primary N) is 1. The summed E-state index contributed by atoms with van der Waals surface area (Å²) in [6, 6.07) is 9.60. The lowest BCUT2D eigenvalue weighted by Gasteiger charge is -2.15. The highest BCUT2D eigenvalue weighted by molar-refractivity contribution is 6.32. The molecule has 0 radical (unpaired) electrons. The Labute approximate surface area is 117 Å². The first kappa shape index (κ1) is 13.8. The van der Waals surface area contributed by atoms with Gasteiger partial charge in [0, 0.05) is 11.6 Å². The molecule has 0 amide bonds. The Morgan fingerprint density at radius 3 is 2.58 bits per heavy atom. The zero-order chi connectivity index (χ0) is 14.0. The van der Waals surface area contributed by atoms with Crippen LogP contribution in [-0.2, 0) is 0 Å². The molecule has 2 aromatic carbocycles. The second-order valence-electron chi connectivity index (χ2n) is 4.48. The Morgan fingerprint density at radius 1 is 1.21 bits per heavy atom. The monoisotopic (exact) mass is 279 g/mol. The lowest BCUT2D eigenvalue weighted by Crippen LogP contribution is -2.09. The quantitative estimate of drug-likeness (QED) is 0.891. The number of hydrogen-bond acceptors (Lipinski definition) is 2. The summed E-state index contributed by atoms with van der Waals surface area (Å²) in [5, 5.41) is 0.486. The standard InChI is InChI=1S/C15H15ClFNO/c1-9-6-7-13(11(16)8-9)19-14-5-3-4-12(17)15(14)10(2)18/h3-8,10H,18H2,1-2H3/t10-/m0/s1. The van der Waals surface area contributed by atoms with Crippen molar-refractivity contribution >= 4 is 11.6 Å². The zero-order valence-corrected chi connectivity index (χ0v) is 11.5. The van der Waals surface area contributed by atoms with Gasteiger partial charge in [0.15, 0.2) is 0 Å². The molecule has 2 N–H and O–H groups in total. The molecular formula is C15H15ClFNO. The third kappa shape index (κ3) is 3.06.